The van der Waals surface area contributed by atoms with Gasteiger partial charge in [0.15, 0.2) is 5.78 Å². The van der Waals surface area contributed by atoms with E-state index >= 15 is 0 Å². The summed E-state index contributed by atoms with van der Waals surface area (Å²) in [7, 11) is 2.71. The SMILES string of the molecule is COC(=O)c1ccc(NC(=O)C(Cc2ccc(NC(=O)C3CC3)cc2)n2cc(OC)c(-c3cc(Cl)ccc3C(C)=O)cc2=O)cc1. The predicted molar refractivity (Wildman–Crippen MR) is 175 cm³/mol. The maximum absolute atomic E-state index is 13.9. The van der Waals surface area contributed by atoms with Gasteiger partial charge in [-0.15, -0.1) is 0 Å². The minimum absolute atomic E-state index is 0.0189. The van der Waals surface area contributed by atoms with E-state index in [0.29, 0.717) is 38.7 Å². The Morgan fingerprint density at radius 2 is 1.54 bits per heavy atom. The van der Waals surface area contributed by atoms with Gasteiger partial charge in [-0.25, -0.2) is 4.79 Å². The molecule has 0 bridgehead atoms. The van der Waals surface area contributed by atoms with Crippen molar-refractivity contribution in [1.82, 2.24) is 4.57 Å². The first-order valence-electron chi connectivity index (χ1n) is 14.6. The molecule has 1 unspecified atom stereocenters. The van der Waals surface area contributed by atoms with Gasteiger partial charge in [0, 0.05) is 45.9 Å². The van der Waals surface area contributed by atoms with E-state index < -0.39 is 23.5 Å². The number of carbonyl (C=O) groups excluding carboxylic acids is 4. The Kier molecular flexibility index (Phi) is 9.67. The third-order valence-corrected chi connectivity index (χ3v) is 7.96. The summed E-state index contributed by atoms with van der Waals surface area (Å²) in [5.74, 6) is -0.944. The molecule has 0 aliphatic heterocycles. The first-order chi connectivity index (χ1) is 22.1. The number of aromatic nitrogens is 1. The van der Waals surface area contributed by atoms with Crippen LogP contribution in [0, 0.1) is 5.92 Å². The Morgan fingerprint density at radius 3 is 2.15 bits per heavy atom. The first-order valence-corrected chi connectivity index (χ1v) is 15.0. The third-order valence-electron chi connectivity index (χ3n) is 7.73. The number of pyridine rings is 1. The lowest BCUT2D eigenvalue weighted by molar-refractivity contribution is -0.119. The lowest BCUT2D eigenvalue weighted by Gasteiger charge is -2.22. The zero-order valence-corrected chi connectivity index (χ0v) is 26.2. The molecule has 2 N–H and O–H groups in total. The highest BCUT2D eigenvalue weighted by Gasteiger charge is 2.30. The molecule has 3 aromatic carbocycles. The van der Waals surface area contributed by atoms with Gasteiger partial charge in [-0.2, -0.15) is 0 Å². The average molecular weight is 642 g/mol. The van der Waals surface area contributed by atoms with Crippen LogP contribution in [0.5, 0.6) is 5.75 Å². The minimum atomic E-state index is -1.05. The number of anilines is 2. The highest BCUT2D eigenvalue weighted by molar-refractivity contribution is 6.31. The fourth-order valence-corrected chi connectivity index (χ4v) is 5.25. The van der Waals surface area contributed by atoms with Gasteiger partial charge < -0.3 is 20.1 Å². The number of nitrogens with one attached hydrogen (secondary N) is 2. The molecule has 5 rings (SSSR count). The molecule has 0 radical (unpaired) electrons. The molecule has 11 heteroatoms. The molecule has 2 amide bonds. The molecular weight excluding hydrogens is 610 g/mol. The number of halogens is 1. The van der Waals surface area contributed by atoms with Crippen molar-refractivity contribution in [1.29, 1.82) is 0 Å². The lowest BCUT2D eigenvalue weighted by atomic mass is 9.97. The number of hydrogen-bond donors (Lipinski definition) is 2. The number of ketones is 1. The number of carbonyl (C=O) groups is 4. The number of nitrogens with zero attached hydrogens (tertiary/aromatic N) is 1. The van der Waals surface area contributed by atoms with Gasteiger partial charge in [0.2, 0.25) is 11.8 Å². The van der Waals surface area contributed by atoms with E-state index in [2.05, 4.69) is 10.6 Å². The number of esters is 1. The Labute approximate surface area is 270 Å². The van der Waals surface area contributed by atoms with Crippen molar-refractivity contribution in [3.63, 3.8) is 0 Å². The van der Waals surface area contributed by atoms with Crippen LogP contribution in [0.3, 0.4) is 0 Å². The normalized spacial score (nSPS) is 13.0. The highest BCUT2D eigenvalue weighted by Crippen LogP contribution is 2.34. The maximum atomic E-state index is 13.9. The van der Waals surface area contributed by atoms with Crippen LogP contribution < -0.4 is 20.9 Å². The third kappa shape index (κ3) is 7.35. The second-order valence-electron chi connectivity index (χ2n) is 11.0. The van der Waals surface area contributed by atoms with E-state index in [4.69, 9.17) is 21.1 Å². The molecule has 4 aromatic rings. The summed E-state index contributed by atoms with van der Waals surface area (Å²) in [5, 5.41) is 6.10. The smallest absolute Gasteiger partial charge is 0.337 e. The lowest BCUT2D eigenvalue weighted by Crippen LogP contribution is -2.34. The topological polar surface area (TPSA) is 133 Å². The standard InChI is InChI=1S/C35H32ClN3O7/c1-20(40)27-15-10-24(36)17-28(27)29-18-32(41)39(19-31(29)45-2)30(34(43)38-26-13-8-23(9-14-26)35(44)46-3)16-21-4-11-25(12-5-21)37-33(42)22-6-7-22/h4-5,8-15,17-19,22,30H,6-7,16H2,1-3H3,(H,37,42)(H,38,43). The second kappa shape index (κ2) is 13.8. The summed E-state index contributed by atoms with van der Waals surface area (Å²) in [4.78, 5) is 64.1. The van der Waals surface area contributed by atoms with Gasteiger partial charge in [-0.3, -0.25) is 23.7 Å². The number of amides is 2. The summed E-state index contributed by atoms with van der Waals surface area (Å²) in [5.41, 5.74) is 2.71. The van der Waals surface area contributed by atoms with Crippen molar-refractivity contribution >= 4 is 46.5 Å². The minimum Gasteiger partial charge on any atom is -0.495 e. The van der Waals surface area contributed by atoms with Gasteiger partial charge >= 0.3 is 5.97 Å². The van der Waals surface area contributed by atoms with E-state index in [-0.39, 0.29) is 29.8 Å². The second-order valence-corrected chi connectivity index (χ2v) is 11.4. The Hall–Kier alpha value is -5.22. The van der Waals surface area contributed by atoms with Gasteiger partial charge in [0.25, 0.3) is 5.56 Å². The Balaban J connectivity index is 1.51. The first kappa shape index (κ1) is 32.2. The molecule has 1 fully saturated rings. The van der Waals surface area contributed by atoms with Crippen LogP contribution in [0.1, 0.15) is 52.1 Å². The van der Waals surface area contributed by atoms with Crippen molar-refractivity contribution in [2.24, 2.45) is 5.92 Å². The van der Waals surface area contributed by atoms with E-state index in [1.54, 1.807) is 54.6 Å². The van der Waals surface area contributed by atoms with Gasteiger partial charge in [0.1, 0.15) is 11.8 Å². The van der Waals surface area contributed by atoms with Crippen LogP contribution in [-0.4, -0.2) is 42.4 Å². The van der Waals surface area contributed by atoms with Crippen molar-refractivity contribution in [2.75, 3.05) is 24.9 Å². The Morgan fingerprint density at radius 1 is 0.891 bits per heavy atom. The van der Waals surface area contributed by atoms with Crippen molar-refractivity contribution in [3.05, 3.63) is 111 Å². The van der Waals surface area contributed by atoms with Crippen molar-refractivity contribution in [2.45, 2.75) is 32.2 Å². The van der Waals surface area contributed by atoms with Crippen LogP contribution in [0.2, 0.25) is 5.02 Å². The van der Waals surface area contributed by atoms with Gasteiger partial charge in [0.05, 0.1) is 26.0 Å². The number of rotatable bonds is 11. The van der Waals surface area contributed by atoms with Crippen LogP contribution in [0.15, 0.2) is 83.8 Å². The molecular formula is C35H32ClN3O7. The quantitative estimate of drug-likeness (QED) is 0.153. The van der Waals surface area contributed by atoms with Crippen LogP contribution in [0.4, 0.5) is 11.4 Å². The fraction of sp³-hybridized carbons (Fsp3) is 0.229. The number of ether oxygens (including phenoxy) is 2. The summed E-state index contributed by atoms with van der Waals surface area (Å²) in [6.07, 6.45) is 3.32. The molecule has 10 nitrogen and oxygen atoms in total. The predicted octanol–water partition coefficient (Wildman–Crippen LogP) is 5.94. The zero-order valence-electron chi connectivity index (χ0n) is 25.5. The largest absolute Gasteiger partial charge is 0.495 e. The molecule has 1 aromatic heterocycles. The molecule has 1 saturated carbocycles. The van der Waals surface area contributed by atoms with Gasteiger partial charge in [-0.05, 0) is 85.5 Å². The number of hydrogen-bond acceptors (Lipinski definition) is 7. The summed E-state index contributed by atoms with van der Waals surface area (Å²) in [6, 6.07) is 18.3. The molecule has 1 atom stereocenters. The molecule has 46 heavy (non-hydrogen) atoms. The van der Waals surface area contributed by atoms with Crippen LogP contribution >= 0.6 is 11.6 Å². The molecule has 0 saturated heterocycles. The molecule has 1 aliphatic rings. The van der Waals surface area contributed by atoms with E-state index in [9.17, 15) is 24.0 Å². The molecule has 1 aliphatic carbocycles. The number of benzene rings is 3. The Bertz CT molecular complexity index is 1860. The van der Waals surface area contributed by atoms with Crippen LogP contribution in [-0.2, 0) is 20.7 Å². The van der Waals surface area contributed by atoms with Gasteiger partial charge in [-0.1, -0.05) is 23.7 Å². The molecule has 1 heterocycles. The van der Waals surface area contributed by atoms with E-state index in [1.165, 1.54) is 50.1 Å². The van der Waals surface area contributed by atoms with E-state index in [0.717, 1.165) is 18.4 Å². The molecule has 0 spiro atoms. The summed E-state index contributed by atoms with van der Waals surface area (Å²) >= 11 is 6.25. The molecule has 236 valence electrons. The monoisotopic (exact) mass is 641 g/mol. The van der Waals surface area contributed by atoms with Crippen LogP contribution in [0.25, 0.3) is 11.1 Å². The average Bonchev–Trinajstić information content (AvgIpc) is 3.90. The number of Topliss-reactive ketones (excluding diaryl/α,β-unsaturated/α-hetero) is 1. The highest BCUT2D eigenvalue weighted by atomic mass is 35.5. The number of methoxy groups -OCH3 is 2. The fourth-order valence-electron chi connectivity index (χ4n) is 5.08. The van der Waals surface area contributed by atoms with Crippen molar-refractivity contribution < 1.29 is 28.7 Å². The van der Waals surface area contributed by atoms with Crippen molar-refractivity contribution in [3.8, 4) is 16.9 Å². The summed E-state index contributed by atoms with van der Waals surface area (Å²) < 4.78 is 11.7. The zero-order chi connectivity index (χ0) is 33.0. The summed E-state index contributed by atoms with van der Waals surface area (Å²) in [6.45, 7) is 1.42. The maximum Gasteiger partial charge on any atom is 0.337 e. The van der Waals surface area contributed by atoms with E-state index in [1.807, 2.05) is 0 Å².